The molecule has 2 fully saturated rings. The quantitative estimate of drug-likeness (QED) is 0.407. The van der Waals surface area contributed by atoms with Crippen LogP contribution in [0.4, 0.5) is 4.39 Å². The van der Waals surface area contributed by atoms with E-state index >= 15 is 0 Å². The van der Waals surface area contributed by atoms with Crippen molar-refractivity contribution < 1.29 is 28.3 Å². The number of hydrogen-bond donors (Lipinski definition) is 0. The van der Waals surface area contributed by atoms with E-state index in [1.165, 1.54) is 36.4 Å². The van der Waals surface area contributed by atoms with Crippen LogP contribution in [-0.4, -0.2) is 33.9 Å². The summed E-state index contributed by atoms with van der Waals surface area (Å²) in [7, 11) is 0. The highest BCUT2D eigenvalue weighted by molar-refractivity contribution is 6.35. The summed E-state index contributed by atoms with van der Waals surface area (Å²) >= 11 is 5.95. The summed E-state index contributed by atoms with van der Waals surface area (Å²) < 4.78 is 19.8. The number of benzene rings is 3. The molecule has 0 aromatic heterocycles. The average molecular weight is 490 g/mol. The van der Waals surface area contributed by atoms with Gasteiger partial charge in [-0.25, -0.2) is 4.39 Å². The number of rotatable bonds is 3. The van der Waals surface area contributed by atoms with Crippen molar-refractivity contribution in [2.75, 3.05) is 0 Å². The second-order valence-electron chi connectivity index (χ2n) is 8.92. The molecule has 1 spiro atoms. The summed E-state index contributed by atoms with van der Waals surface area (Å²) in [5.41, 5.74) is -0.754. The first kappa shape index (κ1) is 21.8. The molecular formula is C27H17ClFNO5. The van der Waals surface area contributed by atoms with Gasteiger partial charge in [0.1, 0.15) is 5.82 Å². The molecule has 3 aromatic rings. The van der Waals surface area contributed by atoms with Gasteiger partial charge in [0.25, 0.3) is 0 Å². The van der Waals surface area contributed by atoms with Crippen LogP contribution in [0.15, 0.2) is 72.8 Å². The molecule has 3 aliphatic rings. The van der Waals surface area contributed by atoms with E-state index in [0.29, 0.717) is 16.1 Å². The van der Waals surface area contributed by atoms with Crippen LogP contribution < -0.4 is 0 Å². The second kappa shape index (κ2) is 7.66. The third-order valence-corrected chi connectivity index (χ3v) is 7.31. The normalized spacial score (nSPS) is 24.4. The Balaban J connectivity index is 1.48. The Bertz CT molecular complexity index is 1380. The number of hydrogen-bond acceptors (Lipinski definition) is 5. The van der Waals surface area contributed by atoms with Crippen LogP contribution in [0.2, 0.25) is 5.02 Å². The fourth-order valence-electron chi connectivity index (χ4n) is 5.46. The van der Waals surface area contributed by atoms with Gasteiger partial charge >= 0.3 is 0 Å². The maximum atomic E-state index is 13.7. The van der Waals surface area contributed by atoms with Gasteiger partial charge in [0.05, 0.1) is 24.5 Å². The van der Waals surface area contributed by atoms with E-state index in [4.69, 9.17) is 16.3 Å². The Labute approximate surface area is 204 Å². The van der Waals surface area contributed by atoms with E-state index in [2.05, 4.69) is 0 Å². The van der Waals surface area contributed by atoms with Crippen LogP contribution in [0.1, 0.15) is 37.9 Å². The zero-order chi connectivity index (χ0) is 24.5. The Morgan fingerprint density at radius 2 is 1.43 bits per heavy atom. The summed E-state index contributed by atoms with van der Waals surface area (Å²) in [6, 6.07) is 18.3. The predicted molar refractivity (Wildman–Crippen MR) is 122 cm³/mol. The molecule has 0 radical (unpaired) electrons. The number of fused-ring (bicyclic) bond motifs is 3. The lowest BCUT2D eigenvalue weighted by Gasteiger charge is -2.27. The van der Waals surface area contributed by atoms with Crippen molar-refractivity contribution in [1.82, 2.24) is 4.90 Å². The van der Waals surface area contributed by atoms with Crippen LogP contribution in [0.3, 0.4) is 0 Å². The molecule has 0 bridgehead atoms. The number of imide groups is 1. The Morgan fingerprint density at radius 3 is 2.03 bits per heavy atom. The van der Waals surface area contributed by atoms with E-state index in [1.54, 1.807) is 36.4 Å². The summed E-state index contributed by atoms with van der Waals surface area (Å²) in [4.78, 5) is 55.8. The maximum absolute atomic E-state index is 13.7. The minimum absolute atomic E-state index is 0.0383. The van der Waals surface area contributed by atoms with Crippen LogP contribution in [0.25, 0.3) is 0 Å². The monoisotopic (exact) mass is 489 g/mol. The molecule has 3 aromatic carbocycles. The first-order chi connectivity index (χ1) is 16.8. The van der Waals surface area contributed by atoms with Crippen LogP contribution >= 0.6 is 11.6 Å². The zero-order valence-electron chi connectivity index (χ0n) is 18.1. The van der Waals surface area contributed by atoms with E-state index < -0.39 is 52.7 Å². The number of amides is 2. The van der Waals surface area contributed by atoms with Crippen molar-refractivity contribution >= 4 is 35.0 Å². The molecule has 35 heavy (non-hydrogen) atoms. The maximum Gasteiger partial charge on any atom is 0.237 e. The summed E-state index contributed by atoms with van der Waals surface area (Å²) in [5, 5.41) is 0.508. The Kier molecular flexibility index (Phi) is 4.78. The molecule has 2 amide bonds. The van der Waals surface area contributed by atoms with Gasteiger partial charge in [-0.05, 0) is 35.4 Å². The topological polar surface area (TPSA) is 80.8 Å². The fourth-order valence-corrected chi connectivity index (χ4v) is 5.58. The lowest BCUT2D eigenvalue weighted by atomic mass is 9.77. The number of halogens is 2. The van der Waals surface area contributed by atoms with Crippen molar-refractivity contribution in [3.63, 3.8) is 0 Å². The predicted octanol–water partition coefficient (Wildman–Crippen LogP) is 4.17. The van der Waals surface area contributed by atoms with E-state index in [-0.39, 0.29) is 17.7 Å². The second-order valence-corrected chi connectivity index (χ2v) is 9.36. The molecule has 0 N–H and O–H groups in total. The number of nitrogens with zero attached hydrogens (tertiary/aromatic N) is 1. The van der Waals surface area contributed by atoms with Gasteiger partial charge in [0, 0.05) is 16.1 Å². The SMILES string of the molecule is O=C1[C@@H]2[C@@H](c3ccc(F)cc3)OC3(C(=O)c4ccccc4C3=O)[C@@H]2C(=O)N1Cc1ccc(Cl)cc1. The molecule has 0 saturated carbocycles. The van der Waals surface area contributed by atoms with Gasteiger partial charge in [-0.2, -0.15) is 0 Å². The number of likely N-dealkylation sites (tertiary alicyclic amines) is 1. The Morgan fingerprint density at radius 1 is 0.829 bits per heavy atom. The minimum atomic E-state index is -2.14. The van der Waals surface area contributed by atoms with Crippen LogP contribution in [-0.2, 0) is 20.9 Å². The van der Waals surface area contributed by atoms with Crippen LogP contribution in [0, 0.1) is 17.7 Å². The molecule has 0 unspecified atom stereocenters. The number of Topliss-reactive ketones (excluding diaryl/α,β-unsaturated/α-hetero) is 2. The Hall–Kier alpha value is -3.68. The smallest absolute Gasteiger partial charge is 0.237 e. The summed E-state index contributed by atoms with van der Waals surface area (Å²) in [5.74, 6) is -5.38. The number of carbonyl (C=O) groups excluding carboxylic acids is 4. The first-order valence-corrected chi connectivity index (χ1v) is 11.4. The molecule has 3 atom stereocenters. The summed E-state index contributed by atoms with van der Waals surface area (Å²) in [6.45, 7) is -0.0383. The van der Waals surface area contributed by atoms with E-state index in [9.17, 15) is 23.6 Å². The van der Waals surface area contributed by atoms with Crippen molar-refractivity contribution in [2.45, 2.75) is 18.2 Å². The lowest BCUT2D eigenvalue weighted by Crippen LogP contribution is -2.50. The minimum Gasteiger partial charge on any atom is -0.349 e. The fraction of sp³-hybridized carbons (Fsp3) is 0.185. The van der Waals surface area contributed by atoms with Crippen LogP contribution in [0.5, 0.6) is 0 Å². The standard InChI is InChI=1S/C27H17ClFNO5/c28-16-9-5-14(6-10-16)13-30-25(33)20-21(26(30)34)27(35-22(20)15-7-11-17(29)12-8-15)23(31)18-3-1-2-4-19(18)24(27)32/h1-12,20-22H,13H2/t20-,21-,22+/m0/s1. The number of ether oxygens (including phenoxy) is 1. The molecule has 8 heteroatoms. The van der Waals surface area contributed by atoms with Gasteiger partial charge < -0.3 is 4.74 Å². The summed E-state index contributed by atoms with van der Waals surface area (Å²) in [6.07, 6.45) is -1.07. The molecule has 1 aliphatic carbocycles. The van der Waals surface area contributed by atoms with Crippen molar-refractivity contribution in [2.24, 2.45) is 11.8 Å². The third kappa shape index (κ3) is 2.98. The zero-order valence-corrected chi connectivity index (χ0v) is 18.9. The number of carbonyl (C=O) groups is 4. The molecule has 174 valence electrons. The highest BCUT2D eigenvalue weighted by atomic mass is 35.5. The highest BCUT2D eigenvalue weighted by Crippen LogP contribution is 2.57. The van der Waals surface area contributed by atoms with Gasteiger partial charge in [0.2, 0.25) is 29.0 Å². The lowest BCUT2D eigenvalue weighted by molar-refractivity contribution is -0.145. The molecule has 2 saturated heterocycles. The average Bonchev–Trinajstić information content (AvgIpc) is 3.42. The molecule has 2 heterocycles. The van der Waals surface area contributed by atoms with Gasteiger partial charge in [-0.1, -0.05) is 60.1 Å². The molecular weight excluding hydrogens is 473 g/mol. The third-order valence-electron chi connectivity index (χ3n) is 7.06. The van der Waals surface area contributed by atoms with E-state index in [1.807, 2.05) is 0 Å². The van der Waals surface area contributed by atoms with E-state index in [0.717, 1.165) is 4.90 Å². The largest absolute Gasteiger partial charge is 0.349 e. The first-order valence-electron chi connectivity index (χ1n) is 11.0. The molecule has 6 rings (SSSR count). The highest BCUT2D eigenvalue weighted by Gasteiger charge is 2.74. The van der Waals surface area contributed by atoms with Crippen molar-refractivity contribution in [1.29, 1.82) is 0 Å². The van der Waals surface area contributed by atoms with Gasteiger partial charge in [0.15, 0.2) is 0 Å². The van der Waals surface area contributed by atoms with Gasteiger partial charge in [-0.3, -0.25) is 24.1 Å². The molecule has 6 nitrogen and oxygen atoms in total. The number of ketones is 2. The van der Waals surface area contributed by atoms with Crippen molar-refractivity contribution in [3.05, 3.63) is 106 Å². The van der Waals surface area contributed by atoms with Crippen molar-refractivity contribution in [3.8, 4) is 0 Å². The molecule has 2 aliphatic heterocycles. The van der Waals surface area contributed by atoms with Gasteiger partial charge in [-0.15, -0.1) is 0 Å².